The van der Waals surface area contributed by atoms with Crippen molar-refractivity contribution >= 4 is 17.5 Å². The number of hydrogen-bond acceptors (Lipinski definition) is 3. The van der Waals surface area contributed by atoms with Crippen molar-refractivity contribution in [1.82, 2.24) is 10.2 Å². The lowest BCUT2D eigenvalue weighted by atomic mass is 9.96. The van der Waals surface area contributed by atoms with Crippen LogP contribution >= 0.6 is 0 Å². The lowest BCUT2D eigenvalue weighted by Gasteiger charge is -2.34. The summed E-state index contributed by atoms with van der Waals surface area (Å²) >= 11 is 0. The van der Waals surface area contributed by atoms with Gasteiger partial charge < -0.3 is 15.5 Å². The highest BCUT2D eigenvalue weighted by Gasteiger charge is 2.22. The standard InChI is InChI=1S/C20H31N3O2/c1-13(2)23-8-6-17(7-9-23)12-21-19(24)20(25)22-18-15(4)10-14(3)11-16(18)5/h10-11,13,17H,6-9,12H2,1-5H3,(H,21,24)(H,22,25). The first kappa shape index (κ1) is 19.4. The van der Waals surface area contributed by atoms with Crippen LogP contribution in [-0.4, -0.2) is 42.4 Å². The van der Waals surface area contributed by atoms with E-state index in [1.165, 1.54) is 0 Å². The molecule has 1 saturated heterocycles. The maximum Gasteiger partial charge on any atom is 0.313 e. The molecule has 0 unspecified atom stereocenters. The van der Waals surface area contributed by atoms with Crippen LogP contribution in [0.4, 0.5) is 5.69 Å². The third kappa shape index (κ3) is 5.30. The number of likely N-dealkylation sites (tertiary alicyclic amines) is 1. The van der Waals surface area contributed by atoms with Gasteiger partial charge in [0, 0.05) is 18.3 Å². The molecule has 1 fully saturated rings. The lowest BCUT2D eigenvalue weighted by Crippen LogP contribution is -2.43. The highest BCUT2D eigenvalue weighted by molar-refractivity contribution is 6.39. The van der Waals surface area contributed by atoms with E-state index in [1.54, 1.807) is 0 Å². The van der Waals surface area contributed by atoms with Gasteiger partial charge in [0.2, 0.25) is 0 Å². The van der Waals surface area contributed by atoms with Gasteiger partial charge >= 0.3 is 11.8 Å². The predicted molar refractivity (Wildman–Crippen MR) is 102 cm³/mol. The van der Waals surface area contributed by atoms with Gasteiger partial charge in [-0.2, -0.15) is 0 Å². The van der Waals surface area contributed by atoms with Gasteiger partial charge in [-0.1, -0.05) is 17.7 Å². The topological polar surface area (TPSA) is 61.4 Å². The fraction of sp³-hybridized carbons (Fsp3) is 0.600. The monoisotopic (exact) mass is 345 g/mol. The number of piperidine rings is 1. The molecule has 1 heterocycles. The van der Waals surface area contributed by atoms with E-state index in [1.807, 2.05) is 32.9 Å². The summed E-state index contributed by atoms with van der Waals surface area (Å²) in [5.74, 6) is -0.685. The van der Waals surface area contributed by atoms with Crippen LogP contribution in [0.2, 0.25) is 0 Å². The van der Waals surface area contributed by atoms with Gasteiger partial charge in [0.05, 0.1) is 0 Å². The molecule has 5 heteroatoms. The minimum absolute atomic E-state index is 0.453. The molecule has 25 heavy (non-hydrogen) atoms. The number of rotatable bonds is 4. The van der Waals surface area contributed by atoms with E-state index >= 15 is 0 Å². The Labute approximate surface area is 151 Å². The highest BCUT2D eigenvalue weighted by atomic mass is 16.2. The average Bonchev–Trinajstić information content (AvgIpc) is 2.56. The zero-order valence-electron chi connectivity index (χ0n) is 16.1. The molecule has 138 valence electrons. The highest BCUT2D eigenvalue weighted by Crippen LogP contribution is 2.22. The average molecular weight is 345 g/mol. The van der Waals surface area contributed by atoms with Crippen molar-refractivity contribution in [3.63, 3.8) is 0 Å². The molecule has 5 nitrogen and oxygen atoms in total. The summed E-state index contributed by atoms with van der Waals surface area (Å²) in [4.78, 5) is 26.8. The SMILES string of the molecule is Cc1cc(C)c(NC(=O)C(=O)NCC2CCN(C(C)C)CC2)c(C)c1. The smallest absolute Gasteiger partial charge is 0.313 e. The van der Waals surface area contributed by atoms with Crippen LogP contribution < -0.4 is 10.6 Å². The predicted octanol–water partition coefficient (Wildman–Crippen LogP) is 2.79. The van der Waals surface area contributed by atoms with Crippen LogP contribution in [0.25, 0.3) is 0 Å². The number of benzene rings is 1. The second-order valence-corrected chi connectivity index (χ2v) is 7.51. The quantitative estimate of drug-likeness (QED) is 0.825. The Bertz CT molecular complexity index is 609. The van der Waals surface area contributed by atoms with Crippen molar-refractivity contribution < 1.29 is 9.59 Å². The Balaban J connectivity index is 1.83. The van der Waals surface area contributed by atoms with Gasteiger partial charge in [-0.15, -0.1) is 0 Å². The van der Waals surface area contributed by atoms with Crippen LogP contribution in [-0.2, 0) is 9.59 Å². The van der Waals surface area contributed by atoms with Crippen LogP contribution in [0.5, 0.6) is 0 Å². The van der Waals surface area contributed by atoms with Gasteiger partial charge in [0.15, 0.2) is 0 Å². The molecule has 0 saturated carbocycles. The van der Waals surface area contributed by atoms with Crippen molar-refractivity contribution in [3.8, 4) is 0 Å². The number of carbonyl (C=O) groups is 2. The van der Waals surface area contributed by atoms with E-state index in [-0.39, 0.29) is 0 Å². The van der Waals surface area contributed by atoms with E-state index in [2.05, 4.69) is 29.4 Å². The van der Waals surface area contributed by atoms with Crippen molar-refractivity contribution in [3.05, 3.63) is 28.8 Å². The van der Waals surface area contributed by atoms with Crippen molar-refractivity contribution in [2.75, 3.05) is 25.0 Å². The molecule has 2 rings (SSSR count). The zero-order chi connectivity index (χ0) is 18.6. The lowest BCUT2D eigenvalue weighted by molar-refractivity contribution is -0.136. The number of amides is 2. The molecule has 0 atom stereocenters. The second kappa shape index (κ2) is 8.48. The van der Waals surface area contributed by atoms with Gasteiger partial charge in [0.1, 0.15) is 0 Å². The second-order valence-electron chi connectivity index (χ2n) is 7.51. The Hall–Kier alpha value is -1.88. The molecule has 1 aliphatic heterocycles. The van der Waals surface area contributed by atoms with Crippen molar-refractivity contribution in [2.45, 2.75) is 53.5 Å². The van der Waals surface area contributed by atoms with Gasteiger partial charge in [-0.05, 0) is 77.6 Å². The summed E-state index contributed by atoms with van der Waals surface area (Å²) in [5.41, 5.74) is 3.82. The minimum atomic E-state index is -0.588. The largest absolute Gasteiger partial charge is 0.348 e. The molecule has 0 aromatic heterocycles. The first-order valence-corrected chi connectivity index (χ1v) is 9.19. The van der Waals surface area contributed by atoms with E-state index < -0.39 is 11.8 Å². The minimum Gasteiger partial charge on any atom is -0.348 e. The third-order valence-corrected chi connectivity index (χ3v) is 5.05. The first-order valence-electron chi connectivity index (χ1n) is 9.19. The molecule has 1 aliphatic rings. The molecule has 1 aromatic carbocycles. The Morgan fingerprint density at radius 1 is 1.08 bits per heavy atom. The number of aryl methyl sites for hydroxylation is 3. The maximum atomic E-state index is 12.2. The maximum absolute atomic E-state index is 12.2. The Morgan fingerprint density at radius 2 is 1.64 bits per heavy atom. The molecular weight excluding hydrogens is 314 g/mol. The Morgan fingerprint density at radius 3 is 2.16 bits per heavy atom. The number of carbonyl (C=O) groups excluding carboxylic acids is 2. The molecule has 0 spiro atoms. The molecule has 0 aliphatic carbocycles. The van der Waals surface area contributed by atoms with Crippen LogP contribution in [0.3, 0.4) is 0 Å². The van der Waals surface area contributed by atoms with Crippen LogP contribution in [0, 0.1) is 26.7 Å². The molecule has 2 N–H and O–H groups in total. The molecular formula is C20H31N3O2. The first-order chi connectivity index (χ1) is 11.8. The van der Waals surface area contributed by atoms with Crippen molar-refractivity contribution in [1.29, 1.82) is 0 Å². The fourth-order valence-electron chi connectivity index (χ4n) is 3.54. The van der Waals surface area contributed by atoms with E-state index in [0.717, 1.165) is 48.3 Å². The zero-order valence-corrected chi connectivity index (χ0v) is 16.1. The van der Waals surface area contributed by atoms with Crippen LogP contribution in [0.1, 0.15) is 43.4 Å². The number of nitrogens with zero attached hydrogens (tertiary/aromatic N) is 1. The number of hydrogen-bond donors (Lipinski definition) is 2. The van der Waals surface area contributed by atoms with Gasteiger partial charge in [-0.25, -0.2) is 0 Å². The normalized spacial score (nSPS) is 16.1. The van der Waals surface area contributed by atoms with Gasteiger partial charge in [0.25, 0.3) is 0 Å². The summed E-state index contributed by atoms with van der Waals surface area (Å²) in [7, 11) is 0. The van der Waals surface area contributed by atoms with E-state index in [0.29, 0.717) is 18.5 Å². The fourth-order valence-corrected chi connectivity index (χ4v) is 3.54. The summed E-state index contributed by atoms with van der Waals surface area (Å²) in [6.07, 6.45) is 2.13. The van der Waals surface area contributed by atoms with E-state index in [9.17, 15) is 9.59 Å². The summed E-state index contributed by atoms with van der Waals surface area (Å²) in [6, 6.07) is 4.58. The molecule has 1 aromatic rings. The molecule has 2 amide bonds. The Kier molecular flexibility index (Phi) is 6.59. The third-order valence-electron chi connectivity index (χ3n) is 5.05. The van der Waals surface area contributed by atoms with E-state index in [4.69, 9.17) is 0 Å². The summed E-state index contributed by atoms with van der Waals surface area (Å²) in [6.45, 7) is 13.0. The van der Waals surface area contributed by atoms with Crippen LogP contribution in [0.15, 0.2) is 12.1 Å². The summed E-state index contributed by atoms with van der Waals surface area (Å²) in [5, 5.41) is 5.55. The summed E-state index contributed by atoms with van der Waals surface area (Å²) < 4.78 is 0. The number of anilines is 1. The molecule has 0 bridgehead atoms. The number of nitrogens with one attached hydrogen (secondary N) is 2. The van der Waals surface area contributed by atoms with Crippen molar-refractivity contribution in [2.24, 2.45) is 5.92 Å². The van der Waals surface area contributed by atoms with Gasteiger partial charge in [-0.3, -0.25) is 9.59 Å². The molecule has 0 radical (unpaired) electrons.